The summed E-state index contributed by atoms with van der Waals surface area (Å²) in [5, 5.41) is 24.6. The van der Waals surface area contributed by atoms with Crippen LogP contribution in [0.15, 0.2) is 0 Å². The van der Waals surface area contributed by atoms with Gasteiger partial charge in [0.15, 0.2) is 0 Å². The standard InChI is InChI=1S/C11H22O2.2C4H8O2/c1-3-5-6-7-8-9-10(4-2)11(12)13;2*1-2-3-4(5)6/h10H,3-9H2,1-2H3,(H,12,13);2*2-3H2,1H3,(H,5,6). The van der Waals surface area contributed by atoms with Crippen LogP contribution in [0, 0.1) is 5.92 Å². The van der Waals surface area contributed by atoms with Crippen LogP contribution in [0.5, 0.6) is 0 Å². The van der Waals surface area contributed by atoms with Crippen molar-refractivity contribution in [2.45, 2.75) is 98.3 Å². The van der Waals surface area contributed by atoms with Gasteiger partial charge in [-0.2, -0.15) is 0 Å². The predicted molar refractivity (Wildman–Crippen MR) is 99.9 cm³/mol. The predicted octanol–water partition coefficient (Wildman–Crippen LogP) is 5.20. The normalized spacial score (nSPS) is 10.6. The summed E-state index contributed by atoms with van der Waals surface area (Å²) in [7, 11) is 0. The highest BCUT2D eigenvalue weighted by molar-refractivity contribution is 5.69. The average Bonchev–Trinajstić information content (AvgIpc) is 2.51. The molecule has 0 fully saturated rings. The molecule has 0 aromatic carbocycles. The van der Waals surface area contributed by atoms with Gasteiger partial charge in [0.05, 0.1) is 5.92 Å². The molecule has 0 radical (unpaired) electrons. The van der Waals surface area contributed by atoms with Crippen LogP contribution in [0.2, 0.25) is 0 Å². The minimum absolute atomic E-state index is 0.110. The van der Waals surface area contributed by atoms with E-state index in [-0.39, 0.29) is 5.92 Å². The van der Waals surface area contributed by atoms with Crippen LogP contribution in [0.3, 0.4) is 0 Å². The van der Waals surface area contributed by atoms with Gasteiger partial charge in [0.2, 0.25) is 0 Å². The maximum Gasteiger partial charge on any atom is 0.306 e. The second-order valence-electron chi connectivity index (χ2n) is 5.93. The van der Waals surface area contributed by atoms with Gasteiger partial charge in [-0.1, -0.05) is 59.8 Å². The van der Waals surface area contributed by atoms with Gasteiger partial charge in [0.1, 0.15) is 0 Å². The van der Waals surface area contributed by atoms with Crippen molar-refractivity contribution in [3.8, 4) is 0 Å². The number of aliphatic carboxylic acids is 3. The fourth-order valence-electron chi connectivity index (χ4n) is 1.92. The summed E-state index contributed by atoms with van der Waals surface area (Å²) in [5.41, 5.74) is 0. The number of unbranched alkanes of at least 4 members (excludes halogenated alkanes) is 4. The molecule has 0 spiro atoms. The summed E-state index contributed by atoms with van der Waals surface area (Å²) in [6, 6.07) is 0. The molecule has 0 aliphatic carbocycles. The minimum atomic E-state index is -0.711. The highest BCUT2D eigenvalue weighted by atomic mass is 16.4. The smallest absolute Gasteiger partial charge is 0.306 e. The van der Waals surface area contributed by atoms with Crippen molar-refractivity contribution in [1.29, 1.82) is 0 Å². The first-order valence-electron chi connectivity index (χ1n) is 9.42. The second kappa shape index (κ2) is 22.4. The van der Waals surface area contributed by atoms with E-state index in [0.29, 0.717) is 12.8 Å². The molecule has 0 rings (SSSR count). The second-order valence-corrected chi connectivity index (χ2v) is 5.93. The van der Waals surface area contributed by atoms with E-state index < -0.39 is 17.9 Å². The molecule has 1 atom stereocenters. The molecule has 6 heteroatoms. The molecule has 0 saturated carbocycles. The summed E-state index contributed by atoms with van der Waals surface area (Å²) >= 11 is 0. The van der Waals surface area contributed by atoms with Gasteiger partial charge in [0, 0.05) is 12.8 Å². The van der Waals surface area contributed by atoms with Gasteiger partial charge in [0.25, 0.3) is 0 Å². The van der Waals surface area contributed by atoms with Crippen LogP contribution in [0.4, 0.5) is 0 Å². The molecule has 0 aliphatic rings. The Hall–Kier alpha value is -1.59. The van der Waals surface area contributed by atoms with E-state index >= 15 is 0 Å². The van der Waals surface area contributed by atoms with Crippen molar-refractivity contribution in [3.63, 3.8) is 0 Å². The van der Waals surface area contributed by atoms with E-state index in [1.54, 1.807) is 0 Å². The Bertz CT molecular complexity index is 312. The van der Waals surface area contributed by atoms with Crippen molar-refractivity contribution in [2.24, 2.45) is 5.92 Å². The van der Waals surface area contributed by atoms with Gasteiger partial charge in [-0.3, -0.25) is 14.4 Å². The summed E-state index contributed by atoms with van der Waals surface area (Å²) in [4.78, 5) is 29.8. The first kappa shape index (κ1) is 28.2. The van der Waals surface area contributed by atoms with Gasteiger partial charge in [-0.25, -0.2) is 0 Å². The molecule has 0 bridgehead atoms. The third-order valence-corrected chi connectivity index (χ3v) is 3.43. The summed E-state index contributed by atoms with van der Waals surface area (Å²) in [6.45, 7) is 7.82. The molecular weight excluding hydrogens is 324 g/mol. The van der Waals surface area contributed by atoms with Crippen molar-refractivity contribution in [3.05, 3.63) is 0 Å². The quantitative estimate of drug-likeness (QED) is 0.411. The van der Waals surface area contributed by atoms with Crippen molar-refractivity contribution in [1.82, 2.24) is 0 Å². The fraction of sp³-hybridized carbons (Fsp3) is 0.842. The molecule has 6 nitrogen and oxygen atoms in total. The van der Waals surface area contributed by atoms with E-state index in [2.05, 4.69) is 6.92 Å². The van der Waals surface area contributed by atoms with E-state index in [9.17, 15) is 14.4 Å². The number of rotatable bonds is 12. The van der Waals surface area contributed by atoms with Crippen LogP contribution in [0.25, 0.3) is 0 Å². The molecule has 150 valence electrons. The Labute approximate surface area is 152 Å². The Kier molecular flexibility index (Phi) is 25.3. The van der Waals surface area contributed by atoms with Gasteiger partial charge >= 0.3 is 17.9 Å². The lowest BCUT2D eigenvalue weighted by Gasteiger charge is -2.08. The molecule has 0 aromatic rings. The zero-order valence-electron chi connectivity index (χ0n) is 16.4. The van der Waals surface area contributed by atoms with Gasteiger partial charge in [-0.15, -0.1) is 0 Å². The van der Waals surface area contributed by atoms with Crippen LogP contribution in [0.1, 0.15) is 98.3 Å². The molecule has 25 heavy (non-hydrogen) atoms. The van der Waals surface area contributed by atoms with Gasteiger partial charge in [-0.05, 0) is 25.7 Å². The summed E-state index contributed by atoms with van der Waals surface area (Å²) in [5.74, 6) is -2.16. The van der Waals surface area contributed by atoms with E-state index in [0.717, 1.165) is 32.1 Å². The molecule has 1 unspecified atom stereocenters. The zero-order valence-corrected chi connectivity index (χ0v) is 16.4. The largest absolute Gasteiger partial charge is 0.481 e. The molecule has 0 aliphatic heterocycles. The van der Waals surface area contributed by atoms with Crippen molar-refractivity contribution < 1.29 is 29.7 Å². The fourth-order valence-corrected chi connectivity index (χ4v) is 1.92. The Morgan fingerprint density at radius 3 is 1.36 bits per heavy atom. The maximum atomic E-state index is 10.7. The molecule has 0 heterocycles. The number of carboxylic acid groups (broad SMARTS) is 3. The lowest BCUT2D eigenvalue weighted by atomic mass is 9.98. The lowest BCUT2D eigenvalue weighted by Crippen LogP contribution is -2.12. The Morgan fingerprint density at radius 1 is 0.680 bits per heavy atom. The molecule has 0 aromatic heterocycles. The van der Waals surface area contributed by atoms with E-state index in [1.165, 1.54) is 25.7 Å². The maximum absolute atomic E-state index is 10.7. The highest BCUT2D eigenvalue weighted by Crippen LogP contribution is 2.14. The third kappa shape index (κ3) is 30.8. The van der Waals surface area contributed by atoms with Crippen LogP contribution in [-0.2, 0) is 14.4 Å². The molecule has 0 amide bonds. The first-order valence-corrected chi connectivity index (χ1v) is 9.42. The third-order valence-electron chi connectivity index (χ3n) is 3.43. The highest BCUT2D eigenvalue weighted by Gasteiger charge is 2.13. The Morgan fingerprint density at radius 2 is 1.12 bits per heavy atom. The molecule has 0 saturated heterocycles. The first-order chi connectivity index (χ1) is 11.8. The van der Waals surface area contributed by atoms with E-state index in [4.69, 9.17) is 15.3 Å². The number of hydrogen-bond acceptors (Lipinski definition) is 3. The van der Waals surface area contributed by atoms with Gasteiger partial charge < -0.3 is 15.3 Å². The molecular formula is C19H38O6. The SMILES string of the molecule is CCCC(=O)O.CCCC(=O)O.CCCCCCCC(CC)C(=O)O. The average molecular weight is 363 g/mol. The lowest BCUT2D eigenvalue weighted by molar-refractivity contribution is -0.142. The number of hydrogen-bond donors (Lipinski definition) is 3. The number of carbonyl (C=O) groups is 3. The van der Waals surface area contributed by atoms with Crippen molar-refractivity contribution >= 4 is 17.9 Å². The van der Waals surface area contributed by atoms with Crippen LogP contribution >= 0.6 is 0 Å². The number of carboxylic acids is 3. The summed E-state index contributed by atoms with van der Waals surface area (Å²) in [6.07, 6.45) is 9.72. The molecule has 3 N–H and O–H groups in total. The Balaban J connectivity index is -0.000000336. The monoisotopic (exact) mass is 362 g/mol. The topological polar surface area (TPSA) is 112 Å². The van der Waals surface area contributed by atoms with Crippen LogP contribution < -0.4 is 0 Å². The zero-order chi connectivity index (χ0) is 20.1. The van der Waals surface area contributed by atoms with Crippen molar-refractivity contribution in [2.75, 3.05) is 0 Å². The van der Waals surface area contributed by atoms with E-state index in [1.807, 2.05) is 20.8 Å². The van der Waals surface area contributed by atoms with Crippen LogP contribution in [-0.4, -0.2) is 33.2 Å². The minimum Gasteiger partial charge on any atom is -0.481 e. The summed E-state index contributed by atoms with van der Waals surface area (Å²) < 4.78 is 0.